The third-order valence-corrected chi connectivity index (χ3v) is 4.83. The summed E-state index contributed by atoms with van der Waals surface area (Å²) >= 11 is 0. The minimum atomic E-state index is -0.277. The molecule has 0 aliphatic heterocycles. The molecule has 0 saturated heterocycles. The van der Waals surface area contributed by atoms with Gasteiger partial charge in [0.05, 0.1) is 30.5 Å². The third kappa shape index (κ3) is 6.33. The fourth-order valence-corrected chi connectivity index (χ4v) is 3.20. The van der Waals surface area contributed by atoms with Crippen LogP contribution in [0.25, 0.3) is 21.8 Å². The number of carbonyl (C=O) groups is 1. The topological polar surface area (TPSA) is 135 Å². The van der Waals surface area contributed by atoms with Crippen molar-refractivity contribution in [2.45, 2.75) is 0 Å². The van der Waals surface area contributed by atoms with E-state index in [0.717, 1.165) is 27.6 Å². The second kappa shape index (κ2) is 11.0. The third-order valence-electron chi connectivity index (χ3n) is 4.83. The van der Waals surface area contributed by atoms with Crippen LogP contribution in [0.2, 0.25) is 0 Å². The number of nitrogens with zero attached hydrogens (tertiary/aromatic N) is 2. The molecule has 0 atom stereocenters. The molecule has 0 aliphatic carbocycles. The average Bonchev–Trinajstić information content (AvgIpc) is 2.83. The minimum Gasteiger partial charge on any atom is -0.491 e. The van der Waals surface area contributed by atoms with Gasteiger partial charge < -0.3 is 31.0 Å². The van der Waals surface area contributed by atoms with E-state index >= 15 is 0 Å². The Hall–Kier alpha value is -4.37. The van der Waals surface area contributed by atoms with E-state index in [1.165, 1.54) is 12.3 Å². The minimum absolute atomic E-state index is 0.277. The van der Waals surface area contributed by atoms with Gasteiger partial charge >= 0.3 is 0 Å². The molecule has 2 aromatic heterocycles. The zero-order chi connectivity index (χ0) is 23.8. The van der Waals surface area contributed by atoms with Crippen molar-refractivity contribution in [2.24, 2.45) is 0 Å². The molecule has 34 heavy (non-hydrogen) atoms. The molecule has 5 N–H and O–H groups in total. The molecule has 0 aliphatic rings. The van der Waals surface area contributed by atoms with Crippen LogP contribution in [0, 0.1) is 0 Å². The summed E-state index contributed by atoms with van der Waals surface area (Å²) in [6, 6.07) is 18.2. The highest BCUT2D eigenvalue weighted by Crippen LogP contribution is 2.21. The number of nitrogen functional groups attached to an aromatic ring is 2. The van der Waals surface area contributed by atoms with Gasteiger partial charge in [-0.05, 0) is 60.7 Å². The monoisotopic (exact) mass is 459 g/mol. The van der Waals surface area contributed by atoms with Crippen LogP contribution in [0.15, 0.2) is 73.0 Å². The lowest BCUT2D eigenvalue weighted by Gasteiger charge is -2.08. The van der Waals surface area contributed by atoms with E-state index in [1.807, 2.05) is 42.5 Å². The van der Waals surface area contributed by atoms with Gasteiger partial charge in [0, 0.05) is 23.4 Å². The molecule has 0 unspecified atom stereocenters. The van der Waals surface area contributed by atoms with Crippen LogP contribution >= 0.6 is 0 Å². The maximum atomic E-state index is 11.9. The molecule has 1 amide bonds. The highest BCUT2D eigenvalue weighted by atomic mass is 16.5. The number of carbonyl (C=O) groups excluding carboxylic acids is 1. The Bertz CT molecular complexity index is 1330. The maximum absolute atomic E-state index is 11.9. The molecular formula is C25H25N5O4. The maximum Gasteiger partial charge on any atom is 0.247 e. The zero-order valence-corrected chi connectivity index (χ0v) is 18.4. The van der Waals surface area contributed by atoms with E-state index < -0.39 is 0 Å². The number of hydrogen-bond donors (Lipinski definition) is 3. The summed E-state index contributed by atoms with van der Waals surface area (Å²) in [5.41, 5.74) is 13.0. The number of fused-ring (bicyclic) bond motifs is 2. The lowest BCUT2D eigenvalue weighted by atomic mass is 10.2. The summed E-state index contributed by atoms with van der Waals surface area (Å²) in [5, 5.41) is 4.58. The van der Waals surface area contributed by atoms with Gasteiger partial charge in [0.2, 0.25) is 5.91 Å². The zero-order valence-electron chi connectivity index (χ0n) is 18.4. The highest BCUT2D eigenvalue weighted by molar-refractivity contribution is 5.87. The van der Waals surface area contributed by atoms with Gasteiger partial charge in [0.15, 0.2) is 0 Å². The van der Waals surface area contributed by atoms with Crippen molar-refractivity contribution in [3.05, 3.63) is 73.0 Å². The molecule has 0 fully saturated rings. The molecule has 4 rings (SSSR count). The number of nitrogens with one attached hydrogen (secondary N) is 1. The first-order chi connectivity index (χ1) is 16.6. The van der Waals surface area contributed by atoms with Gasteiger partial charge in [-0.25, -0.2) is 9.97 Å². The van der Waals surface area contributed by atoms with Crippen LogP contribution in [-0.4, -0.2) is 42.2 Å². The largest absolute Gasteiger partial charge is 0.491 e. The van der Waals surface area contributed by atoms with E-state index in [9.17, 15) is 4.79 Å². The van der Waals surface area contributed by atoms with Crippen molar-refractivity contribution < 1.29 is 19.0 Å². The standard InChI is InChI=1S/C25H25N5O4/c26-23-7-1-17-15-19(3-5-21(17)29-23)33-11-9-25(31)28-10-12-32-13-14-34-20-4-6-22-18(16-20)2-8-24(27)30-22/h1-9,11,15-16H,10,12-14H2,(H2,26,29)(H2,27,30)(H,28,31). The summed E-state index contributed by atoms with van der Waals surface area (Å²) < 4.78 is 16.7. The van der Waals surface area contributed by atoms with Crippen LogP contribution in [-0.2, 0) is 9.53 Å². The normalized spacial score (nSPS) is 11.2. The van der Waals surface area contributed by atoms with Crippen molar-refractivity contribution in [1.82, 2.24) is 15.3 Å². The number of hydrogen-bond acceptors (Lipinski definition) is 8. The van der Waals surface area contributed by atoms with Gasteiger partial charge in [-0.2, -0.15) is 0 Å². The Morgan fingerprint density at radius 1 is 0.824 bits per heavy atom. The second-order valence-corrected chi connectivity index (χ2v) is 7.35. The molecule has 174 valence electrons. The number of benzene rings is 2. The van der Waals surface area contributed by atoms with Crippen LogP contribution in [0.3, 0.4) is 0 Å². The lowest BCUT2D eigenvalue weighted by molar-refractivity contribution is -0.116. The first kappa shape index (κ1) is 22.8. The van der Waals surface area contributed by atoms with Gasteiger partial charge in [-0.1, -0.05) is 0 Å². The number of rotatable bonds is 10. The highest BCUT2D eigenvalue weighted by Gasteiger charge is 2.01. The Balaban J connectivity index is 1.10. The number of anilines is 2. The quantitative estimate of drug-likeness (QED) is 0.187. The predicted molar refractivity (Wildman–Crippen MR) is 131 cm³/mol. The van der Waals surface area contributed by atoms with Crippen molar-refractivity contribution >= 4 is 39.3 Å². The predicted octanol–water partition coefficient (Wildman–Crippen LogP) is 3.05. The van der Waals surface area contributed by atoms with E-state index in [1.54, 1.807) is 18.2 Å². The Morgan fingerprint density at radius 3 is 2.18 bits per heavy atom. The summed E-state index contributed by atoms with van der Waals surface area (Å²) in [4.78, 5) is 20.4. The van der Waals surface area contributed by atoms with E-state index in [-0.39, 0.29) is 5.91 Å². The van der Waals surface area contributed by atoms with Gasteiger partial charge in [0.1, 0.15) is 29.7 Å². The van der Waals surface area contributed by atoms with E-state index in [4.69, 9.17) is 25.7 Å². The molecule has 9 heteroatoms. The summed E-state index contributed by atoms with van der Waals surface area (Å²) in [6.45, 7) is 1.53. The SMILES string of the molecule is Nc1ccc2cc(OC=CC(=O)NCCOCCOc3ccc4nc(N)ccc4c3)ccc2n1. The molecular weight excluding hydrogens is 434 g/mol. The van der Waals surface area contributed by atoms with Crippen molar-refractivity contribution in [1.29, 1.82) is 0 Å². The van der Waals surface area contributed by atoms with Crippen LogP contribution in [0.1, 0.15) is 0 Å². The second-order valence-electron chi connectivity index (χ2n) is 7.35. The molecule has 4 aromatic rings. The number of ether oxygens (including phenoxy) is 3. The first-order valence-electron chi connectivity index (χ1n) is 10.7. The van der Waals surface area contributed by atoms with Gasteiger partial charge in [0.25, 0.3) is 0 Å². The smallest absolute Gasteiger partial charge is 0.247 e. The summed E-state index contributed by atoms with van der Waals surface area (Å²) in [5.74, 6) is 1.99. The molecule has 0 bridgehead atoms. The molecule has 0 saturated carbocycles. The fraction of sp³-hybridized carbons (Fsp3) is 0.160. The van der Waals surface area contributed by atoms with Gasteiger partial charge in [-0.15, -0.1) is 0 Å². The fourth-order valence-electron chi connectivity index (χ4n) is 3.20. The summed E-state index contributed by atoms with van der Waals surface area (Å²) in [6.07, 6.45) is 2.65. The van der Waals surface area contributed by atoms with Crippen molar-refractivity contribution in [3.63, 3.8) is 0 Å². The van der Waals surface area contributed by atoms with Crippen molar-refractivity contribution in [3.8, 4) is 11.5 Å². The number of nitrogens with two attached hydrogens (primary N) is 2. The Labute approximate surface area is 196 Å². The lowest BCUT2D eigenvalue weighted by Crippen LogP contribution is -2.26. The van der Waals surface area contributed by atoms with Crippen LogP contribution < -0.4 is 26.3 Å². The van der Waals surface area contributed by atoms with E-state index in [2.05, 4.69) is 15.3 Å². The van der Waals surface area contributed by atoms with Crippen LogP contribution in [0.5, 0.6) is 11.5 Å². The molecule has 2 aromatic carbocycles. The van der Waals surface area contributed by atoms with E-state index in [0.29, 0.717) is 43.8 Å². The average molecular weight is 460 g/mol. The number of amides is 1. The molecule has 9 nitrogen and oxygen atoms in total. The van der Waals surface area contributed by atoms with Crippen LogP contribution in [0.4, 0.5) is 11.6 Å². The number of pyridine rings is 2. The summed E-state index contributed by atoms with van der Waals surface area (Å²) in [7, 11) is 0. The van der Waals surface area contributed by atoms with Gasteiger partial charge in [-0.3, -0.25) is 4.79 Å². The Kier molecular flexibility index (Phi) is 7.36. The number of aromatic nitrogens is 2. The van der Waals surface area contributed by atoms with Crippen molar-refractivity contribution in [2.75, 3.05) is 37.8 Å². The molecule has 0 radical (unpaired) electrons. The molecule has 2 heterocycles. The molecule has 0 spiro atoms. The Morgan fingerprint density at radius 2 is 1.47 bits per heavy atom. The first-order valence-corrected chi connectivity index (χ1v) is 10.7.